The van der Waals surface area contributed by atoms with Gasteiger partial charge in [0.15, 0.2) is 0 Å². The molecule has 0 saturated carbocycles. The van der Waals surface area contributed by atoms with Crippen LogP contribution in [0, 0.1) is 12.8 Å². The van der Waals surface area contributed by atoms with Gasteiger partial charge in [-0.1, -0.05) is 13.8 Å². The summed E-state index contributed by atoms with van der Waals surface area (Å²) in [6.07, 6.45) is 4.65. The van der Waals surface area contributed by atoms with Crippen molar-refractivity contribution in [2.24, 2.45) is 5.92 Å². The third-order valence-electron chi connectivity index (χ3n) is 4.33. The first-order valence-corrected chi connectivity index (χ1v) is 7.56. The fourth-order valence-electron chi connectivity index (χ4n) is 2.93. The zero-order chi connectivity index (χ0) is 13.8. The maximum Gasteiger partial charge on any atom is 0.131 e. The first kappa shape index (κ1) is 14.3. The second-order valence-electron chi connectivity index (χ2n) is 5.82. The van der Waals surface area contributed by atoms with E-state index in [1.807, 2.05) is 6.20 Å². The molecule has 0 bridgehead atoms. The number of nitrogens with zero attached hydrogens (tertiary/aromatic N) is 2. The molecule has 1 aliphatic heterocycles. The molecular formula is C16H27N3. The number of pyridine rings is 1. The summed E-state index contributed by atoms with van der Waals surface area (Å²) < 4.78 is 0. The number of hydrogen-bond acceptors (Lipinski definition) is 3. The first-order valence-electron chi connectivity index (χ1n) is 7.56. The molecular weight excluding hydrogens is 234 g/mol. The number of rotatable bonds is 4. The maximum atomic E-state index is 4.73. The van der Waals surface area contributed by atoms with Crippen LogP contribution in [0.15, 0.2) is 12.3 Å². The van der Waals surface area contributed by atoms with Crippen LogP contribution in [-0.4, -0.2) is 24.1 Å². The molecule has 19 heavy (non-hydrogen) atoms. The van der Waals surface area contributed by atoms with Crippen LogP contribution in [0.25, 0.3) is 0 Å². The minimum absolute atomic E-state index is 0.597. The summed E-state index contributed by atoms with van der Waals surface area (Å²) in [5.41, 5.74) is 2.58. The third kappa shape index (κ3) is 3.27. The monoisotopic (exact) mass is 261 g/mol. The van der Waals surface area contributed by atoms with E-state index < -0.39 is 0 Å². The quantitative estimate of drug-likeness (QED) is 0.902. The molecule has 1 fully saturated rings. The molecule has 0 radical (unpaired) electrons. The number of aromatic nitrogens is 1. The van der Waals surface area contributed by atoms with Crippen LogP contribution >= 0.6 is 0 Å². The van der Waals surface area contributed by atoms with Gasteiger partial charge in [-0.25, -0.2) is 4.98 Å². The molecule has 0 aromatic carbocycles. The topological polar surface area (TPSA) is 28.2 Å². The lowest BCUT2D eigenvalue weighted by Crippen LogP contribution is -2.43. The van der Waals surface area contributed by atoms with Crippen molar-refractivity contribution in [1.82, 2.24) is 10.3 Å². The maximum absolute atomic E-state index is 4.73. The summed E-state index contributed by atoms with van der Waals surface area (Å²) in [6.45, 7) is 12.1. The smallest absolute Gasteiger partial charge is 0.131 e. The Morgan fingerprint density at radius 1 is 1.42 bits per heavy atom. The van der Waals surface area contributed by atoms with Crippen molar-refractivity contribution in [2.75, 3.05) is 18.0 Å². The van der Waals surface area contributed by atoms with Crippen LogP contribution in [0.4, 0.5) is 5.82 Å². The van der Waals surface area contributed by atoms with Crippen LogP contribution in [0.2, 0.25) is 0 Å². The first-order chi connectivity index (χ1) is 9.13. The van der Waals surface area contributed by atoms with Crippen molar-refractivity contribution >= 4 is 5.82 Å². The van der Waals surface area contributed by atoms with E-state index in [0.717, 1.165) is 25.6 Å². The lowest BCUT2D eigenvalue weighted by molar-refractivity contribution is 0.361. The summed E-state index contributed by atoms with van der Waals surface area (Å²) in [5.74, 6) is 1.94. The third-order valence-corrected chi connectivity index (χ3v) is 4.33. The highest BCUT2D eigenvalue weighted by Gasteiger charge is 2.26. The molecule has 1 N–H and O–H groups in total. The molecule has 2 atom stereocenters. The highest BCUT2D eigenvalue weighted by molar-refractivity contribution is 5.48. The van der Waals surface area contributed by atoms with Crippen LogP contribution in [0.5, 0.6) is 0 Å². The Hall–Kier alpha value is -1.09. The SMILES string of the molecule is CCNCc1cnc(N2CCCC(C)C2C)c(C)c1. The van der Waals surface area contributed by atoms with Gasteiger partial charge < -0.3 is 10.2 Å². The number of aryl methyl sites for hydroxylation is 1. The van der Waals surface area contributed by atoms with E-state index in [4.69, 9.17) is 4.98 Å². The van der Waals surface area contributed by atoms with Crippen molar-refractivity contribution in [3.8, 4) is 0 Å². The van der Waals surface area contributed by atoms with Gasteiger partial charge in [0.2, 0.25) is 0 Å². The van der Waals surface area contributed by atoms with E-state index in [9.17, 15) is 0 Å². The normalized spacial score (nSPS) is 23.7. The van der Waals surface area contributed by atoms with E-state index in [-0.39, 0.29) is 0 Å². The number of anilines is 1. The molecule has 1 aromatic rings. The summed E-state index contributed by atoms with van der Waals surface area (Å²) in [6, 6.07) is 2.87. The molecule has 2 rings (SSSR count). The van der Waals surface area contributed by atoms with Gasteiger partial charge in [0.05, 0.1) is 0 Å². The van der Waals surface area contributed by atoms with E-state index in [1.165, 1.54) is 29.8 Å². The average molecular weight is 261 g/mol. The number of hydrogen-bond donors (Lipinski definition) is 1. The predicted molar refractivity (Wildman–Crippen MR) is 81.6 cm³/mol. The van der Waals surface area contributed by atoms with E-state index in [1.54, 1.807) is 0 Å². The molecule has 1 saturated heterocycles. The Labute approximate surface area is 117 Å². The number of piperidine rings is 1. The zero-order valence-corrected chi connectivity index (χ0v) is 12.7. The largest absolute Gasteiger partial charge is 0.353 e. The molecule has 2 unspecified atom stereocenters. The fourth-order valence-corrected chi connectivity index (χ4v) is 2.93. The van der Waals surface area contributed by atoms with Gasteiger partial charge in [-0.3, -0.25) is 0 Å². The Morgan fingerprint density at radius 2 is 2.21 bits per heavy atom. The van der Waals surface area contributed by atoms with Gasteiger partial charge in [-0.15, -0.1) is 0 Å². The zero-order valence-electron chi connectivity index (χ0n) is 12.7. The Kier molecular flexibility index (Phi) is 4.81. The molecule has 2 heterocycles. The lowest BCUT2D eigenvalue weighted by Gasteiger charge is -2.39. The predicted octanol–water partition coefficient (Wildman–Crippen LogP) is 3.12. The van der Waals surface area contributed by atoms with Crippen LogP contribution in [0.3, 0.4) is 0 Å². The highest BCUT2D eigenvalue weighted by Crippen LogP contribution is 2.29. The molecule has 1 aromatic heterocycles. The van der Waals surface area contributed by atoms with Crippen LogP contribution < -0.4 is 10.2 Å². The Balaban J connectivity index is 2.15. The molecule has 0 spiro atoms. The van der Waals surface area contributed by atoms with Gasteiger partial charge in [0.25, 0.3) is 0 Å². The summed E-state index contributed by atoms with van der Waals surface area (Å²) in [7, 11) is 0. The van der Waals surface area contributed by atoms with E-state index >= 15 is 0 Å². The molecule has 3 heteroatoms. The van der Waals surface area contributed by atoms with Crippen LogP contribution in [-0.2, 0) is 6.54 Å². The minimum atomic E-state index is 0.597. The molecule has 0 aliphatic carbocycles. The summed E-state index contributed by atoms with van der Waals surface area (Å²) >= 11 is 0. The average Bonchev–Trinajstić information content (AvgIpc) is 2.40. The molecule has 3 nitrogen and oxygen atoms in total. The molecule has 106 valence electrons. The van der Waals surface area contributed by atoms with Gasteiger partial charge in [0, 0.05) is 25.3 Å². The van der Waals surface area contributed by atoms with Gasteiger partial charge in [-0.05, 0) is 56.3 Å². The van der Waals surface area contributed by atoms with Crippen LogP contribution in [0.1, 0.15) is 44.7 Å². The highest BCUT2D eigenvalue weighted by atomic mass is 15.2. The van der Waals surface area contributed by atoms with E-state index in [0.29, 0.717) is 6.04 Å². The Bertz CT molecular complexity index is 416. The second kappa shape index (κ2) is 6.38. The van der Waals surface area contributed by atoms with Gasteiger partial charge in [-0.2, -0.15) is 0 Å². The fraction of sp³-hybridized carbons (Fsp3) is 0.688. The Morgan fingerprint density at radius 3 is 2.89 bits per heavy atom. The van der Waals surface area contributed by atoms with Crippen molar-refractivity contribution in [2.45, 2.75) is 53.1 Å². The molecule has 1 aliphatic rings. The van der Waals surface area contributed by atoms with Gasteiger partial charge in [0.1, 0.15) is 5.82 Å². The summed E-state index contributed by atoms with van der Waals surface area (Å²) in [4.78, 5) is 7.21. The van der Waals surface area contributed by atoms with Gasteiger partial charge >= 0.3 is 0 Å². The lowest BCUT2D eigenvalue weighted by atomic mass is 9.92. The van der Waals surface area contributed by atoms with Crippen molar-refractivity contribution in [3.05, 3.63) is 23.4 Å². The summed E-state index contributed by atoms with van der Waals surface area (Å²) in [5, 5.41) is 3.35. The van der Waals surface area contributed by atoms with E-state index in [2.05, 4.69) is 44.0 Å². The standard InChI is InChI=1S/C16H27N3/c1-5-17-10-15-9-13(3)16(18-11-15)19-8-6-7-12(2)14(19)4/h9,11-12,14,17H,5-8,10H2,1-4H3. The second-order valence-corrected chi connectivity index (χ2v) is 5.82. The number of nitrogens with one attached hydrogen (secondary N) is 1. The van der Waals surface area contributed by atoms with Crippen molar-refractivity contribution in [1.29, 1.82) is 0 Å². The molecule has 0 amide bonds. The minimum Gasteiger partial charge on any atom is -0.353 e. The van der Waals surface area contributed by atoms with Crippen molar-refractivity contribution < 1.29 is 0 Å². The van der Waals surface area contributed by atoms with Crippen molar-refractivity contribution in [3.63, 3.8) is 0 Å².